The maximum Gasteiger partial charge on any atom is 0.265 e. The highest BCUT2D eigenvalue weighted by Crippen LogP contribution is 2.35. The molecular formula is C23H19Cl3N2O4. The van der Waals surface area contributed by atoms with Crippen LogP contribution < -0.4 is 15.4 Å². The van der Waals surface area contributed by atoms with Crippen molar-refractivity contribution >= 4 is 58.0 Å². The minimum absolute atomic E-state index is 0.0636. The molecule has 0 aromatic heterocycles. The number of nitrogens with one attached hydrogen (secondary N) is 2. The van der Waals surface area contributed by atoms with Crippen molar-refractivity contribution in [2.24, 2.45) is 0 Å². The van der Waals surface area contributed by atoms with Crippen LogP contribution >= 0.6 is 34.8 Å². The molecule has 0 radical (unpaired) electrons. The number of anilines is 2. The summed E-state index contributed by atoms with van der Waals surface area (Å²) in [6.07, 6.45) is -0.895. The molecule has 3 rings (SSSR count). The first-order valence-corrected chi connectivity index (χ1v) is 10.6. The van der Waals surface area contributed by atoms with Gasteiger partial charge in [-0.05, 0) is 49.7 Å². The summed E-state index contributed by atoms with van der Waals surface area (Å²) >= 11 is 18.4. The second-order valence-corrected chi connectivity index (χ2v) is 8.19. The van der Waals surface area contributed by atoms with Crippen molar-refractivity contribution in [2.45, 2.75) is 20.0 Å². The molecule has 0 aliphatic carbocycles. The molecule has 1 unspecified atom stereocenters. The number of hydrogen-bond donors (Lipinski definition) is 3. The van der Waals surface area contributed by atoms with E-state index >= 15 is 0 Å². The summed E-state index contributed by atoms with van der Waals surface area (Å²) in [5.74, 6) is -0.946. The Bertz CT molecular complexity index is 1180. The van der Waals surface area contributed by atoms with Gasteiger partial charge in [0.25, 0.3) is 11.8 Å². The highest BCUT2D eigenvalue weighted by atomic mass is 35.5. The summed E-state index contributed by atoms with van der Waals surface area (Å²) in [6, 6.07) is 14.3. The van der Waals surface area contributed by atoms with E-state index < -0.39 is 17.9 Å². The number of amides is 2. The SMILES string of the molecule is Cc1ccc(OC(C)C(=O)Nc2cc(O)c(NC(=O)c3ccccc3Cl)cc2Cl)c(Cl)c1. The molecule has 3 aromatic rings. The van der Waals surface area contributed by atoms with Crippen LogP contribution in [0.15, 0.2) is 54.6 Å². The van der Waals surface area contributed by atoms with Crippen LogP contribution in [0.3, 0.4) is 0 Å². The third-order valence-corrected chi connectivity index (χ3v) is 5.41. The molecule has 0 heterocycles. The molecule has 3 N–H and O–H groups in total. The fourth-order valence-electron chi connectivity index (χ4n) is 2.77. The van der Waals surface area contributed by atoms with E-state index in [1.165, 1.54) is 12.1 Å². The number of phenolic OH excluding ortho intramolecular Hbond substituents is 1. The van der Waals surface area contributed by atoms with Crippen LogP contribution in [-0.4, -0.2) is 23.0 Å². The highest BCUT2D eigenvalue weighted by Gasteiger charge is 2.19. The number of aromatic hydroxyl groups is 1. The molecule has 0 aliphatic heterocycles. The van der Waals surface area contributed by atoms with Crippen molar-refractivity contribution < 1.29 is 19.4 Å². The quantitative estimate of drug-likeness (QED) is 0.351. The van der Waals surface area contributed by atoms with E-state index in [0.717, 1.165) is 5.56 Å². The van der Waals surface area contributed by atoms with Crippen molar-refractivity contribution in [1.82, 2.24) is 0 Å². The molecule has 9 heteroatoms. The topological polar surface area (TPSA) is 87.7 Å². The van der Waals surface area contributed by atoms with E-state index in [0.29, 0.717) is 10.8 Å². The number of ether oxygens (including phenoxy) is 1. The predicted octanol–water partition coefficient (Wildman–Crippen LogP) is 6.32. The predicted molar refractivity (Wildman–Crippen MR) is 127 cm³/mol. The standard InChI is InChI=1S/C23H19Cl3N2O4/c1-12-7-8-21(17(26)9-12)32-13(2)22(30)27-18-11-20(29)19(10-16(18)25)28-23(31)14-5-3-4-6-15(14)24/h3-11,13,29H,1-2H3,(H,27,30)(H,28,31). The second-order valence-electron chi connectivity index (χ2n) is 6.97. The van der Waals surface area contributed by atoms with Gasteiger partial charge in [-0.1, -0.05) is 53.0 Å². The number of halogens is 3. The third-order valence-electron chi connectivity index (χ3n) is 4.47. The summed E-state index contributed by atoms with van der Waals surface area (Å²) in [5.41, 5.74) is 1.41. The van der Waals surface area contributed by atoms with E-state index in [9.17, 15) is 14.7 Å². The Morgan fingerprint density at radius 2 is 1.62 bits per heavy atom. The van der Waals surface area contributed by atoms with Gasteiger partial charge in [0, 0.05) is 6.07 Å². The molecule has 0 saturated carbocycles. The van der Waals surface area contributed by atoms with Gasteiger partial charge < -0.3 is 20.5 Å². The van der Waals surface area contributed by atoms with E-state index in [1.54, 1.807) is 43.3 Å². The summed E-state index contributed by atoms with van der Waals surface area (Å²) in [7, 11) is 0. The zero-order valence-electron chi connectivity index (χ0n) is 17.1. The number of aryl methyl sites for hydroxylation is 1. The Balaban J connectivity index is 1.71. The Kier molecular flexibility index (Phi) is 7.51. The molecule has 32 heavy (non-hydrogen) atoms. The fourth-order valence-corrected chi connectivity index (χ4v) is 3.48. The zero-order valence-corrected chi connectivity index (χ0v) is 19.3. The van der Waals surface area contributed by atoms with Crippen LogP contribution in [0.2, 0.25) is 15.1 Å². The van der Waals surface area contributed by atoms with Crippen molar-refractivity contribution in [3.8, 4) is 11.5 Å². The van der Waals surface area contributed by atoms with Gasteiger partial charge in [-0.2, -0.15) is 0 Å². The van der Waals surface area contributed by atoms with E-state index in [-0.39, 0.29) is 32.7 Å². The lowest BCUT2D eigenvalue weighted by atomic mass is 10.2. The number of benzene rings is 3. The number of phenols is 1. The number of rotatable bonds is 6. The van der Waals surface area contributed by atoms with Crippen molar-refractivity contribution in [2.75, 3.05) is 10.6 Å². The first kappa shape index (κ1) is 23.7. The molecule has 0 fully saturated rings. The minimum atomic E-state index is -0.895. The first-order chi connectivity index (χ1) is 15.2. The second kappa shape index (κ2) is 10.1. The van der Waals surface area contributed by atoms with Crippen LogP contribution in [0.4, 0.5) is 11.4 Å². The van der Waals surface area contributed by atoms with Gasteiger partial charge in [0.15, 0.2) is 6.10 Å². The average Bonchev–Trinajstić information content (AvgIpc) is 2.73. The van der Waals surface area contributed by atoms with E-state index in [1.807, 2.05) is 13.0 Å². The molecule has 0 aliphatic rings. The highest BCUT2D eigenvalue weighted by molar-refractivity contribution is 6.35. The molecular weight excluding hydrogens is 475 g/mol. The fraction of sp³-hybridized carbons (Fsp3) is 0.130. The Labute approximate surface area is 200 Å². The van der Waals surface area contributed by atoms with E-state index in [2.05, 4.69) is 10.6 Å². The van der Waals surface area contributed by atoms with Gasteiger partial charge >= 0.3 is 0 Å². The van der Waals surface area contributed by atoms with Crippen molar-refractivity contribution in [1.29, 1.82) is 0 Å². The van der Waals surface area contributed by atoms with Gasteiger partial charge in [-0.25, -0.2) is 0 Å². The maximum absolute atomic E-state index is 12.5. The van der Waals surface area contributed by atoms with Gasteiger partial charge in [0.05, 0.1) is 32.0 Å². The Morgan fingerprint density at radius 3 is 2.31 bits per heavy atom. The zero-order chi connectivity index (χ0) is 23.4. The lowest BCUT2D eigenvalue weighted by Crippen LogP contribution is -2.30. The summed E-state index contributed by atoms with van der Waals surface area (Å²) in [6.45, 7) is 3.44. The maximum atomic E-state index is 12.5. The summed E-state index contributed by atoms with van der Waals surface area (Å²) in [5, 5.41) is 16.2. The van der Waals surface area contributed by atoms with Crippen LogP contribution in [0.1, 0.15) is 22.8 Å². The van der Waals surface area contributed by atoms with Crippen LogP contribution in [0.25, 0.3) is 0 Å². The number of carbonyl (C=O) groups is 2. The molecule has 166 valence electrons. The normalized spacial score (nSPS) is 11.5. The Morgan fingerprint density at radius 1 is 0.906 bits per heavy atom. The summed E-state index contributed by atoms with van der Waals surface area (Å²) < 4.78 is 5.62. The van der Waals surface area contributed by atoms with Crippen LogP contribution in [0, 0.1) is 6.92 Å². The van der Waals surface area contributed by atoms with Gasteiger partial charge in [0.1, 0.15) is 11.5 Å². The van der Waals surface area contributed by atoms with Crippen molar-refractivity contribution in [3.63, 3.8) is 0 Å². The lowest BCUT2D eigenvalue weighted by molar-refractivity contribution is -0.122. The van der Waals surface area contributed by atoms with Crippen LogP contribution in [0.5, 0.6) is 11.5 Å². The van der Waals surface area contributed by atoms with Gasteiger partial charge in [-0.15, -0.1) is 0 Å². The lowest BCUT2D eigenvalue weighted by Gasteiger charge is -2.17. The van der Waals surface area contributed by atoms with Crippen molar-refractivity contribution in [3.05, 3.63) is 80.8 Å². The summed E-state index contributed by atoms with van der Waals surface area (Å²) in [4.78, 5) is 25.0. The Hall–Kier alpha value is -2.93. The van der Waals surface area contributed by atoms with Crippen LogP contribution in [-0.2, 0) is 4.79 Å². The first-order valence-electron chi connectivity index (χ1n) is 9.47. The molecule has 0 saturated heterocycles. The minimum Gasteiger partial charge on any atom is -0.506 e. The monoisotopic (exact) mass is 492 g/mol. The third kappa shape index (κ3) is 5.65. The largest absolute Gasteiger partial charge is 0.506 e. The van der Waals surface area contributed by atoms with E-state index in [4.69, 9.17) is 39.5 Å². The molecule has 6 nitrogen and oxygen atoms in total. The smallest absolute Gasteiger partial charge is 0.265 e. The number of carbonyl (C=O) groups excluding carboxylic acids is 2. The average molecular weight is 494 g/mol. The molecule has 0 bridgehead atoms. The molecule has 3 aromatic carbocycles. The molecule has 0 spiro atoms. The number of hydrogen-bond acceptors (Lipinski definition) is 4. The van der Waals surface area contributed by atoms with Gasteiger partial charge in [0.2, 0.25) is 0 Å². The van der Waals surface area contributed by atoms with Gasteiger partial charge in [-0.3, -0.25) is 9.59 Å². The molecule has 2 amide bonds. The molecule has 1 atom stereocenters.